The molecule has 142 valence electrons. The Hall–Kier alpha value is -2.60. The third-order valence-corrected chi connectivity index (χ3v) is 3.04. The molecule has 0 unspecified atom stereocenters. The Kier molecular flexibility index (Phi) is 6.21. The lowest BCUT2D eigenvalue weighted by Crippen LogP contribution is -2.33. The fraction of sp³-hybridized carbons (Fsp3) is 0.357. The van der Waals surface area contributed by atoms with Gasteiger partial charge in [0.15, 0.2) is 0 Å². The number of nitrogens with zero attached hydrogens (tertiary/aromatic N) is 3. The van der Waals surface area contributed by atoms with Crippen LogP contribution in [0.5, 0.6) is 0 Å². The average Bonchev–Trinajstić information content (AvgIpc) is 3.08. The molecular weight excluding hydrogens is 369 g/mol. The highest BCUT2D eigenvalue weighted by molar-refractivity contribution is 5.76. The molecule has 0 spiro atoms. The van der Waals surface area contributed by atoms with Gasteiger partial charge in [-0.05, 0) is 5.56 Å². The first kappa shape index (κ1) is 19.7. The zero-order chi connectivity index (χ0) is 19.3. The van der Waals surface area contributed by atoms with Crippen molar-refractivity contribution in [1.82, 2.24) is 15.2 Å². The van der Waals surface area contributed by atoms with Crippen LogP contribution >= 0.6 is 0 Å². The van der Waals surface area contributed by atoms with Gasteiger partial charge in [0.1, 0.15) is 6.61 Å². The normalized spacial score (nSPS) is 11.8. The van der Waals surface area contributed by atoms with Gasteiger partial charge in [-0.2, -0.15) is 26.9 Å². The summed E-state index contributed by atoms with van der Waals surface area (Å²) < 4.78 is 69.3. The summed E-state index contributed by atoms with van der Waals surface area (Å²) in [5, 5.41) is 4.04. The second-order valence-corrected chi connectivity index (χ2v) is 4.80. The predicted octanol–water partition coefficient (Wildman–Crippen LogP) is 2.88. The third kappa shape index (κ3) is 5.20. The van der Waals surface area contributed by atoms with E-state index in [0.717, 1.165) is 5.06 Å². The second-order valence-electron chi connectivity index (χ2n) is 4.80. The van der Waals surface area contributed by atoms with Gasteiger partial charge in [0.2, 0.25) is 5.82 Å². The summed E-state index contributed by atoms with van der Waals surface area (Å²) in [6.45, 7) is -4.05. The molecule has 2 rings (SSSR count). The molecule has 0 saturated heterocycles. The fourth-order valence-corrected chi connectivity index (χ4v) is 1.84. The molecule has 0 saturated carbocycles. The Morgan fingerprint density at radius 2 is 1.92 bits per heavy atom. The van der Waals surface area contributed by atoms with Gasteiger partial charge in [-0.3, -0.25) is 9.63 Å². The Bertz CT molecular complexity index is 733. The van der Waals surface area contributed by atoms with Gasteiger partial charge in [0.25, 0.3) is 5.91 Å². The van der Waals surface area contributed by atoms with Crippen molar-refractivity contribution in [2.45, 2.75) is 19.3 Å². The number of amides is 1. The molecule has 1 aromatic heterocycles. The molecule has 1 aromatic carbocycles. The zero-order valence-electron chi connectivity index (χ0n) is 13.2. The van der Waals surface area contributed by atoms with Gasteiger partial charge in [-0.25, -0.2) is 5.06 Å². The van der Waals surface area contributed by atoms with Crippen molar-refractivity contribution in [2.24, 2.45) is 0 Å². The van der Waals surface area contributed by atoms with Crippen molar-refractivity contribution >= 4 is 5.91 Å². The van der Waals surface area contributed by atoms with Crippen molar-refractivity contribution in [2.75, 3.05) is 13.7 Å². The molecule has 0 aliphatic heterocycles. The van der Waals surface area contributed by atoms with Crippen LogP contribution in [0.1, 0.15) is 11.5 Å². The first-order chi connectivity index (χ1) is 12.2. The van der Waals surface area contributed by atoms with Crippen LogP contribution < -0.4 is 0 Å². The van der Waals surface area contributed by atoms with Crippen LogP contribution in [0.25, 0.3) is 11.4 Å². The molecule has 0 fully saturated rings. The quantitative estimate of drug-likeness (QED) is 0.542. The molecule has 2 aromatic rings. The van der Waals surface area contributed by atoms with E-state index in [0.29, 0.717) is 5.56 Å². The number of hydroxylamine groups is 2. The van der Waals surface area contributed by atoms with Crippen molar-refractivity contribution in [3.63, 3.8) is 0 Å². The number of benzene rings is 1. The maximum absolute atomic E-state index is 12.4. The minimum atomic E-state index is -4.75. The van der Waals surface area contributed by atoms with Crippen molar-refractivity contribution in [3.05, 3.63) is 35.7 Å². The SMILES string of the molecule is CON(Cc1ccc(-c2noc(C(F)(F)F)n2)cc1)C(=O)COC(F)F. The Balaban J connectivity index is 2.04. The molecule has 0 bridgehead atoms. The lowest BCUT2D eigenvalue weighted by Gasteiger charge is -2.19. The van der Waals surface area contributed by atoms with Gasteiger partial charge in [0.05, 0.1) is 13.7 Å². The minimum Gasteiger partial charge on any atom is -0.329 e. The van der Waals surface area contributed by atoms with E-state index in [2.05, 4.69) is 19.4 Å². The number of alkyl halides is 5. The van der Waals surface area contributed by atoms with E-state index < -0.39 is 31.2 Å². The van der Waals surface area contributed by atoms with E-state index in [1.54, 1.807) is 0 Å². The highest BCUT2D eigenvalue weighted by Gasteiger charge is 2.38. The van der Waals surface area contributed by atoms with Crippen molar-refractivity contribution < 1.29 is 40.8 Å². The standard InChI is InChI=1S/C14H12F5N3O4/c1-24-22(10(23)7-25-13(15)16)6-8-2-4-9(5-3-8)11-20-12(26-21-11)14(17,18)19/h2-5,13H,6-7H2,1H3. The topological polar surface area (TPSA) is 77.7 Å². The van der Waals surface area contributed by atoms with Gasteiger partial charge < -0.3 is 9.26 Å². The maximum Gasteiger partial charge on any atom is 0.471 e. The molecule has 0 N–H and O–H groups in total. The summed E-state index contributed by atoms with van der Waals surface area (Å²) in [5.41, 5.74) is 0.768. The first-order valence-corrected chi connectivity index (χ1v) is 6.95. The molecule has 1 heterocycles. The van der Waals surface area contributed by atoms with Crippen molar-refractivity contribution in [3.8, 4) is 11.4 Å². The number of hydrogen-bond donors (Lipinski definition) is 0. The molecule has 26 heavy (non-hydrogen) atoms. The number of halogens is 5. The largest absolute Gasteiger partial charge is 0.471 e. The molecule has 0 aliphatic rings. The lowest BCUT2D eigenvalue weighted by molar-refractivity contribution is -0.196. The minimum absolute atomic E-state index is 0.0950. The summed E-state index contributed by atoms with van der Waals surface area (Å²) in [7, 11) is 1.17. The Morgan fingerprint density at radius 3 is 2.42 bits per heavy atom. The molecular formula is C14H12F5N3O4. The van der Waals surface area contributed by atoms with Crippen molar-refractivity contribution in [1.29, 1.82) is 0 Å². The summed E-state index contributed by atoms with van der Waals surface area (Å²) >= 11 is 0. The van der Waals surface area contributed by atoms with Crippen LogP contribution in [0.3, 0.4) is 0 Å². The molecule has 12 heteroatoms. The summed E-state index contributed by atoms with van der Waals surface area (Å²) in [6.07, 6.45) is -4.75. The molecule has 0 aliphatic carbocycles. The van der Waals surface area contributed by atoms with E-state index in [-0.39, 0.29) is 17.9 Å². The maximum atomic E-state index is 12.4. The highest BCUT2D eigenvalue weighted by atomic mass is 19.4. The third-order valence-electron chi connectivity index (χ3n) is 3.04. The van der Waals surface area contributed by atoms with E-state index in [9.17, 15) is 26.7 Å². The Morgan fingerprint density at radius 1 is 1.27 bits per heavy atom. The fourth-order valence-electron chi connectivity index (χ4n) is 1.84. The van der Waals surface area contributed by atoms with Crippen LogP contribution in [-0.4, -0.2) is 41.4 Å². The van der Waals surface area contributed by atoms with Crippen LogP contribution in [0.4, 0.5) is 22.0 Å². The molecule has 7 nitrogen and oxygen atoms in total. The van der Waals surface area contributed by atoms with Gasteiger partial charge in [-0.1, -0.05) is 29.4 Å². The van der Waals surface area contributed by atoms with Gasteiger partial charge in [0, 0.05) is 5.56 Å². The number of carbonyl (C=O) groups is 1. The van der Waals surface area contributed by atoms with Crippen LogP contribution in [0.15, 0.2) is 28.8 Å². The zero-order valence-corrected chi connectivity index (χ0v) is 13.2. The molecule has 0 radical (unpaired) electrons. The second kappa shape index (κ2) is 8.19. The van der Waals surface area contributed by atoms with Gasteiger partial charge >= 0.3 is 18.7 Å². The summed E-state index contributed by atoms with van der Waals surface area (Å²) in [6, 6.07) is 5.78. The lowest BCUT2D eigenvalue weighted by atomic mass is 10.1. The number of hydrogen-bond acceptors (Lipinski definition) is 6. The average molecular weight is 381 g/mol. The van der Waals surface area contributed by atoms with E-state index >= 15 is 0 Å². The number of aromatic nitrogens is 2. The monoisotopic (exact) mass is 381 g/mol. The van der Waals surface area contributed by atoms with Crippen LogP contribution in [-0.2, 0) is 27.1 Å². The number of ether oxygens (including phenoxy) is 1. The Labute approximate surface area is 143 Å². The number of carbonyl (C=O) groups excluding carboxylic acids is 1. The van der Waals surface area contributed by atoms with Crippen LogP contribution in [0.2, 0.25) is 0 Å². The smallest absolute Gasteiger partial charge is 0.329 e. The van der Waals surface area contributed by atoms with Crippen LogP contribution in [0, 0.1) is 0 Å². The summed E-state index contributed by atoms with van der Waals surface area (Å²) in [4.78, 5) is 19.7. The predicted molar refractivity (Wildman–Crippen MR) is 74.3 cm³/mol. The highest BCUT2D eigenvalue weighted by Crippen LogP contribution is 2.29. The van der Waals surface area contributed by atoms with Gasteiger partial charge in [-0.15, -0.1) is 0 Å². The van der Waals surface area contributed by atoms with E-state index in [4.69, 9.17) is 4.84 Å². The van der Waals surface area contributed by atoms with E-state index in [1.807, 2.05) is 0 Å². The summed E-state index contributed by atoms with van der Waals surface area (Å²) in [5.74, 6) is -2.55. The number of rotatable bonds is 7. The van der Waals surface area contributed by atoms with E-state index in [1.165, 1.54) is 31.4 Å². The molecule has 1 amide bonds. The first-order valence-electron chi connectivity index (χ1n) is 6.95. The molecule has 0 atom stereocenters.